The van der Waals surface area contributed by atoms with Gasteiger partial charge < -0.3 is 19.8 Å². The van der Waals surface area contributed by atoms with Crippen LogP contribution in [-0.2, 0) is 12.8 Å². The van der Waals surface area contributed by atoms with Crippen LogP contribution in [0.2, 0.25) is 0 Å². The van der Waals surface area contributed by atoms with Crippen molar-refractivity contribution in [2.24, 2.45) is 4.99 Å². The Bertz CT molecular complexity index is 655. The molecular formula is C19H23N3O2. The largest absolute Gasteiger partial charge is 0.497 e. The summed E-state index contributed by atoms with van der Waals surface area (Å²) in [5.74, 6) is 5.06. The van der Waals surface area contributed by atoms with Gasteiger partial charge in [0.05, 0.1) is 19.9 Å². The lowest BCUT2D eigenvalue weighted by Crippen LogP contribution is -2.38. The molecule has 5 heteroatoms. The van der Waals surface area contributed by atoms with Gasteiger partial charge >= 0.3 is 0 Å². The summed E-state index contributed by atoms with van der Waals surface area (Å²) in [6.45, 7) is 1.84. The third kappa shape index (κ3) is 6.09. The van der Waals surface area contributed by atoms with Gasteiger partial charge in [0, 0.05) is 19.5 Å². The predicted molar refractivity (Wildman–Crippen MR) is 96.3 cm³/mol. The Morgan fingerprint density at radius 1 is 1.21 bits per heavy atom. The molecule has 1 aromatic carbocycles. The van der Waals surface area contributed by atoms with Crippen LogP contribution in [0.5, 0.6) is 5.75 Å². The normalized spacial score (nSPS) is 10.9. The van der Waals surface area contributed by atoms with Gasteiger partial charge in [-0.3, -0.25) is 4.99 Å². The molecule has 5 nitrogen and oxygen atoms in total. The molecule has 0 fully saturated rings. The lowest BCUT2D eigenvalue weighted by Gasteiger charge is -2.11. The first-order valence-electron chi connectivity index (χ1n) is 7.93. The maximum absolute atomic E-state index is 5.31. The van der Waals surface area contributed by atoms with Gasteiger partial charge in [0.1, 0.15) is 11.5 Å². The zero-order chi connectivity index (χ0) is 17.0. The van der Waals surface area contributed by atoms with Gasteiger partial charge in [0.15, 0.2) is 5.96 Å². The highest BCUT2D eigenvalue weighted by molar-refractivity contribution is 5.80. The molecule has 0 unspecified atom stereocenters. The van der Waals surface area contributed by atoms with Gasteiger partial charge in [-0.05, 0) is 36.2 Å². The van der Waals surface area contributed by atoms with Crippen LogP contribution in [0.15, 0.2) is 52.1 Å². The van der Waals surface area contributed by atoms with E-state index < -0.39 is 0 Å². The topological polar surface area (TPSA) is 58.8 Å². The average molecular weight is 325 g/mol. The van der Waals surface area contributed by atoms with Gasteiger partial charge in [-0.2, -0.15) is 0 Å². The number of methoxy groups -OCH3 is 1. The van der Waals surface area contributed by atoms with E-state index in [-0.39, 0.29) is 0 Å². The Balaban J connectivity index is 1.79. The molecule has 0 spiro atoms. The van der Waals surface area contributed by atoms with E-state index in [1.165, 1.54) is 5.56 Å². The van der Waals surface area contributed by atoms with E-state index >= 15 is 0 Å². The van der Waals surface area contributed by atoms with Crippen molar-refractivity contribution in [2.75, 3.05) is 26.7 Å². The molecule has 126 valence electrons. The molecule has 2 N–H and O–H groups in total. The molecule has 0 aliphatic carbocycles. The van der Waals surface area contributed by atoms with Gasteiger partial charge in [0.2, 0.25) is 0 Å². The fourth-order valence-corrected chi connectivity index (χ4v) is 2.16. The fourth-order valence-electron chi connectivity index (χ4n) is 2.16. The Hall–Kier alpha value is -2.87. The van der Waals surface area contributed by atoms with Crippen molar-refractivity contribution in [1.82, 2.24) is 10.6 Å². The van der Waals surface area contributed by atoms with Crippen LogP contribution in [0.1, 0.15) is 11.3 Å². The molecule has 1 heterocycles. The van der Waals surface area contributed by atoms with Crippen molar-refractivity contribution >= 4 is 5.96 Å². The third-order valence-corrected chi connectivity index (χ3v) is 3.43. The van der Waals surface area contributed by atoms with Crippen LogP contribution in [-0.4, -0.2) is 32.7 Å². The molecule has 0 saturated heterocycles. The van der Waals surface area contributed by atoms with Crippen LogP contribution < -0.4 is 15.4 Å². The summed E-state index contributed by atoms with van der Waals surface area (Å²) in [7, 11) is 1.67. The van der Waals surface area contributed by atoms with Crippen LogP contribution in [0, 0.1) is 12.3 Å². The van der Waals surface area contributed by atoms with E-state index in [9.17, 15) is 0 Å². The maximum atomic E-state index is 5.31. The number of rotatable bonds is 8. The van der Waals surface area contributed by atoms with Crippen molar-refractivity contribution in [1.29, 1.82) is 0 Å². The van der Waals surface area contributed by atoms with Gasteiger partial charge in [-0.25, -0.2) is 0 Å². The summed E-state index contributed by atoms with van der Waals surface area (Å²) >= 11 is 0. The zero-order valence-electron chi connectivity index (χ0n) is 13.9. The van der Waals surface area contributed by atoms with Crippen molar-refractivity contribution in [3.8, 4) is 18.1 Å². The molecule has 0 amide bonds. The van der Waals surface area contributed by atoms with Crippen molar-refractivity contribution in [3.63, 3.8) is 0 Å². The number of nitrogens with zero attached hydrogens (tertiary/aromatic N) is 1. The minimum atomic E-state index is 0.440. The van der Waals surface area contributed by atoms with E-state index in [0.717, 1.165) is 30.9 Å². The van der Waals surface area contributed by atoms with Gasteiger partial charge in [0.25, 0.3) is 0 Å². The molecule has 0 atom stereocenters. The SMILES string of the molecule is C#CCNC(=NCCc1ccco1)NCCc1ccc(OC)cc1. The zero-order valence-corrected chi connectivity index (χ0v) is 13.9. The molecular weight excluding hydrogens is 302 g/mol. The van der Waals surface area contributed by atoms with E-state index in [4.69, 9.17) is 15.6 Å². The van der Waals surface area contributed by atoms with E-state index in [2.05, 4.69) is 33.7 Å². The Morgan fingerprint density at radius 3 is 2.71 bits per heavy atom. The number of furan rings is 1. The number of aliphatic imine (C=N–C) groups is 1. The molecule has 0 aliphatic heterocycles. The number of hydrogen-bond donors (Lipinski definition) is 2. The third-order valence-electron chi connectivity index (χ3n) is 3.43. The van der Waals surface area contributed by atoms with Crippen LogP contribution >= 0.6 is 0 Å². The van der Waals surface area contributed by atoms with Crippen LogP contribution in [0.4, 0.5) is 0 Å². The van der Waals surface area contributed by atoms with E-state index in [1.807, 2.05) is 24.3 Å². The molecule has 0 radical (unpaired) electrons. The Labute approximate surface area is 143 Å². The Kier molecular flexibility index (Phi) is 7.29. The summed E-state index contributed by atoms with van der Waals surface area (Å²) in [4.78, 5) is 4.51. The number of benzene rings is 1. The second-order valence-corrected chi connectivity index (χ2v) is 5.14. The molecule has 2 rings (SSSR count). The first-order valence-corrected chi connectivity index (χ1v) is 7.93. The number of nitrogens with one attached hydrogen (secondary N) is 2. The number of guanidine groups is 1. The van der Waals surface area contributed by atoms with Crippen LogP contribution in [0.3, 0.4) is 0 Å². The van der Waals surface area contributed by atoms with Gasteiger partial charge in [-0.15, -0.1) is 6.42 Å². The molecule has 2 aromatic rings. The lowest BCUT2D eigenvalue weighted by atomic mass is 10.1. The quantitative estimate of drug-likeness (QED) is 0.444. The second kappa shape index (κ2) is 10.0. The lowest BCUT2D eigenvalue weighted by molar-refractivity contribution is 0.414. The highest BCUT2D eigenvalue weighted by atomic mass is 16.5. The van der Waals surface area contributed by atoms with E-state index in [1.54, 1.807) is 13.4 Å². The summed E-state index contributed by atoms with van der Waals surface area (Å²) in [5, 5.41) is 6.40. The van der Waals surface area contributed by atoms with Gasteiger partial charge in [-0.1, -0.05) is 18.1 Å². The van der Waals surface area contributed by atoms with Crippen molar-refractivity contribution in [2.45, 2.75) is 12.8 Å². The molecule has 0 aliphatic rings. The minimum Gasteiger partial charge on any atom is -0.497 e. The fraction of sp³-hybridized carbons (Fsp3) is 0.316. The highest BCUT2D eigenvalue weighted by Gasteiger charge is 2.00. The molecule has 0 saturated carbocycles. The first-order chi connectivity index (χ1) is 11.8. The smallest absolute Gasteiger partial charge is 0.192 e. The number of ether oxygens (including phenoxy) is 1. The first kappa shape index (κ1) is 17.5. The van der Waals surface area contributed by atoms with E-state index in [0.29, 0.717) is 19.0 Å². The summed E-state index contributed by atoms with van der Waals surface area (Å²) in [6, 6.07) is 11.9. The highest BCUT2D eigenvalue weighted by Crippen LogP contribution is 2.11. The molecule has 1 aromatic heterocycles. The van der Waals surface area contributed by atoms with Crippen molar-refractivity contribution in [3.05, 3.63) is 54.0 Å². The van der Waals surface area contributed by atoms with Crippen molar-refractivity contribution < 1.29 is 9.15 Å². The second-order valence-electron chi connectivity index (χ2n) is 5.14. The summed E-state index contributed by atoms with van der Waals surface area (Å²) < 4.78 is 10.5. The standard InChI is InChI=1S/C19H23N3O2/c1-3-12-20-19(22-14-11-18-5-4-15-24-18)21-13-10-16-6-8-17(23-2)9-7-16/h1,4-9,15H,10-14H2,2H3,(H2,20,21,22). The summed E-state index contributed by atoms with van der Waals surface area (Å²) in [6.07, 6.45) is 8.62. The predicted octanol–water partition coefficient (Wildman–Crippen LogP) is 2.24. The number of hydrogen-bond acceptors (Lipinski definition) is 3. The number of terminal acetylenes is 1. The monoisotopic (exact) mass is 325 g/mol. The minimum absolute atomic E-state index is 0.440. The average Bonchev–Trinajstić information content (AvgIpc) is 3.13. The molecule has 24 heavy (non-hydrogen) atoms. The Morgan fingerprint density at radius 2 is 2.04 bits per heavy atom. The maximum Gasteiger partial charge on any atom is 0.192 e. The van der Waals surface area contributed by atoms with Crippen LogP contribution in [0.25, 0.3) is 0 Å². The summed E-state index contributed by atoms with van der Waals surface area (Å²) in [5.41, 5.74) is 1.23. The molecule has 0 bridgehead atoms.